The van der Waals surface area contributed by atoms with Crippen LogP contribution in [0.5, 0.6) is 0 Å². The lowest BCUT2D eigenvalue weighted by molar-refractivity contribution is -0.139. The van der Waals surface area contributed by atoms with E-state index in [9.17, 15) is 14.7 Å². The molecule has 1 unspecified atom stereocenters. The second-order valence-corrected chi connectivity index (χ2v) is 8.71. The van der Waals surface area contributed by atoms with Gasteiger partial charge in [-0.15, -0.1) is 0 Å². The van der Waals surface area contributed by atoms with Crippen molar-refractivity contribution in [2.45, 2.75) is 142 Å². The molecule has 32 heavy (non-hydrogen) atoms. The third kappa shape index (κ3) is 30.6. The standard InChI is InChI=1S/C14H28O3.C12H22O3/c1-2-3-4-5-6-7-8-9-10-11-13(15)12-14(16)17;1-2-3-4-5-6-7-8-9-11(13)10-12(14)15/h13,15H,2-12H2,1H3,(H,16,17);10,13H,2-9H2,1H3,(H,14,15). The summed E-state index contributed by atoms with van der Waals surface area (Å²) in [6, 6.07) is 0. The van der Waals surface area contributed by atoms with Crippen molar-refractivity contribution < 1.29 is 30.0 Å². The minimum atomic E-state index is -1.07. The number of aliphatic carboxylic acids is 2. The van der Waals surface area contributed by atoms with Crippen LogP contribution in [0.2, 0.25) is 0 Å². The molecule has 0 radical (unpaired) electrons. The molecule has 0 amide bonds. The highest BCUT2D eigenvalue weighted by Gasteiger charge is 2.08. The van der Waals surface area contributed by atoms with Gasteiger partial charge in [-0.1, -0.05) is 110 Å². The molecular formula is C26H50O6. The third-order valence-electron chi connectivity index (χ3n) is 5.38. The zero-order valence-corrected chi connectivity index (χ0v) is 20.7. The Morgan fingerprint density at radius 1 is 0.656 bits per heavy atom. The van der Waals surface area contributed by atoms with Crippen LogP contribution < -0.4 is 0 Å². The summed E-state index contributed by atoms with van der Waals surface area (Å²) in [4.78, 5) is 20.5. The van der Waals surface area contributed by atoms with Crippen LogP contribution in [0, 0.1) is 0 Å². The molecule has 0 saturated heterocycles. The van der Waals surface area contributed by atoms with Crippen LogP contribution in [0.3, 0.4) is 0 Å². The average molecular weight is 459 g/mol. The molecule has 0 aromatic carbocycles. The van der Waals surface area contributed by atoms with Gasteiger partial charge in [0.15, 0.2) is 0 Å². The predicted molar refractivity (Wildman–Crippen MR) is 131 cm³/mol. The van der Waals surface area contributed by atoms with E-state index in [-0.39, 0.29) is 12.2 Å². The van der Waals surface area contributed by atoms with Gasteiger partial charge >= 0.3 is 11.9 Å². The fourth-order valence-corrected chi connectivity index (χ4v) is 3.47. The molecule has 4 N–H and O–H groups in total. The quantitative estimate of drug-likeness (QED) is 0.0809. The van der Waals surface area contributed by atoms with Crippen molar-refractivity contribution in [1.29, 1.82) is 0 Å². The molecule has 0 aliphatic carbocycles. The minimum absolute atomic E-state index is 0.0175. The monoisotopic (exact) mass is 458 g/mol. The smallest absolute Gasteiger partial charge is 0.331 e. The summed E-state index contributed by atoms with van der Waals surface area (Å²) in [6.45, 7) is 4.41. The van der Waals surface area contributed by atoms with E-state index in [1.54, 1.807) is 0 Å². The first kappa shape index (κ1) is 32.6. The number of carbonyl (C=O) groups is 2. The Morgan fingerprint density at radius 2 is 1.06 bits per heavy atom. The minimum Gasteiger partial charge on any atom is -0.512 e. The zero-order valence-electron chi connectivity index (χ0n) is 20.7. The first-order valence-electron chi connectivity index (χ1n) is 12.9. The summed E-state index contributed by atoms with van der Waals surface area (Å²) >= 11 is 0. The number of hydrogen-bond acceptors (Lipinski definition) is 4. The maximum atomic E-state index is 10.3. The fourth-order valence-electron chi connectivity index (χ4n) is 3.47. The van der Waals surface area contributed by atoms with Crippen LogP contribution in [-0.4, -0.2) is 38.5 Å². The third-order valence-corrected chi connectivity index (χ3v) is 5.38. The maximum absolute atomic E-state index is 10.3. The molecule has 0 fully saturated rings. The van der Waals surface area contributed by atoms with Gasteiger partial charge in [-0.25, -0.2) is 4.79 Å². The molecule has 0 aromatic rings. The molecule has 0 rings (SSSR count). The normalized spacial score (nSPS) is 12.2. The SMILES string of the molecule is CCCCCCCCCC(O)=CC(=O)O.CCCCCCCCCCCC(O)CC(=O)O. The summed E-state index contributed by atoms with van der Waals surface area (Å²) in [5, 5.41) is 35.3. The number of unbranched alkanes of at least 4 members (excludes halogenated alkanes) is 14. The van der Waals surface area contributed by atoms with Gasteiger partial charge in [0.25, 0.3) is 0 Å². The molecule has 190 valence electrons. The Balaban J connectivity index is 0. The molecule has 0 heterocycles. The molecule has 0 saturated carbocycles. The summed E-state index contributed by atoms with van der Waals surface area (Å²) in [7, 11) is 0. The van der Waals surface area contributed by atoms with E-state index in [4.69, 9.17) is 15.3 Å². The Labute approximate surface area is 196 Å². The summed E-state index contributed by atoms with van der Waals surface area (Å²) in [5.41, 5.74) is 0. The van der Waals surface area contributed by atoms with E-state index in [0.29, 0.717) is 12.8 Å². The number of rotatable bonds is 21. The Kier molecular flexibility index (Phi) is 26.2. The highest BCUT2D eigenvalue weighted by atomic mass is 16.4. The molecule has 6 nitrogen and oxygen atoms in total. The summed E-state index contributed by atoms with van der Waals surface area (Å²) in [6.07, 6.45) is 20.6. The van der Waals surface area contributed by atoms with E-state index in [1.165, 1.54) is 77.0 Å². The Morgan fingerprint density at radius 3 is 1.47 bits per heavy atom. The van der Waals surface area contributed by atoms with Crippen LogP contribution in [0.4, 0.5) is 0 Å². The Bertz CT molecular complexity index is 461. The van der Waals surface area contributed by atoms with E-state index < -0.39 is 18.0 Å². The summed E-state index contributed by atoms with van der Waals surface area (Å²) in [5.74, 6) is -2.00. The number of carboxylic acids is 2. The first-order chi connectivity index (χ1) is 15.3. The van der Waals surface area contributed by atoms with Gasteiger partial charge in [-0.05, 0) is 12.8 Å². The number of hydrogen-bond donors (Lipinski definition) is 4. The first-order valence-corrected chi connectivity index (χ1v) is 12.9. The zero-order chi connectivity index (χ0) is 24.5. The topological polar surface area (TPSA) is 115 Å². The molecule has 0 bridgehead atoms. The van der Waals surface area contributed by atoms with Crippen LogP contribution in [0.25, 0.3) is 0 Å². The number of aliphatic hydroxyl groups is 2. The lowest BCUT2D eigenvalue weighted by Gasteiger charge is -2.07. The Hall–Kier alpha value is -1.56. The van der Waals surface area contributed by atoms with Crippen LogP contribution in [0.1, 0.15) is 136 Å². The van der Waals surface area contributed by atoms with Crippen molar-refractivity contribution in [1.82, 2.24) is 0 Å². The van der Waals surface area contributed by atoms with E-state index in [2.05, 4.69) is 13.8 Å². The lowest BCUT2D eigenvalue weighted by Crippen LogP contribution is -2.12. The van der Waals surface area contributed by atoms with Crippen molar-refractivity contribution >= 4 is 11.9 Å². The van der Waals surface area contributed by atoms with E-state index in [0.717, 1.165) is 31.8 Å². The molecule has 0 aliphatic rings. The number of aliphatic hydroxyl groups excluding tert-OH is 2. The van der Waals surface area contributed by atoms with Gasteiger partial charge in [0.1, 0.15) is 0 Å². The highest BCUT2D eigenvalue weighted by molar-refractivity contribution is 5.80. The van der Waals surface area contributed by atoms with E-state index >= 15 is 0 Å². The fraction of sp³-hybridized carbons (Fsp3) is 0.846. The molecule has 1 atom stereocenters. The van der Waals surface area contributed by atoms with Crippen molar-refractivity contribution in [3.8, 4) is 0 Å². The van der Waals surface area contributed by atoms with Gasteiger partial charge in [-0.3, -0.25) is 4.79 Å². The number of carboxylic acid groups (broad SMARTS) is 2. The van der Waals surface area contributed by atoms with Gasteiger partial charge < -0.3 is 20.4 Å². The molecule has 0 spiro atoms. The highest BCUT2D eigenvalue weighted by Crippen LogP contribution is 2.12. The van der Waals surface area contributed by atoms with Crippen molar-refractivity contribution in [3.63, 3.8) is 0 Å². The molecule has 6 heteroatoms. The average Bonchev–Trinajstić information content (AvgIpc) is 2.71. The maximum Gasteiger partial charge on any atom is 0.331 e. The molecular weight excluding hydrogens is 408 g/mol. The second-order valence-electron chi connectivity index (χ2n) is 8.71. The predicted octanol–water partition coefficient (Wildman–Crippen LogP) is 7.40. The largest absolute Gasteiger partial charge is 0.512 e. The summed E-state index contributed by atoms with van der Waals surface area (Å²) < 4.78 is 0. The molecule has 0 aliphatic heterocycles. The lowest BCUT2D eigenvalue weighted by atomic mass is 10.0. The molecule has 0 aromatic heterocycles. The van der Waals surface area contributed by atoms with Crippen LogP contribution in [-0.2, 0) is 9.59 Å². The van der Waals surface area contributed by atoms with Crippen molar-refractivity contribution in [2.75, 3.05) is 0 Å². The second kappa shape index (κ2) is 25.7. The van der Waals surface area contributed by atoms with Gasteiger partial charge in [0, 0.05) is 6.42 Å². The van der Waals surface area contributed by atoms with Crippen molar-refractivity contribution in [3.05, 3.63) is 11.8 Å². The van der Waals surface area contributed by atoms with Crippen LogP contribution in [0.15, 0.2) is 11.8 Å². The van der Waals surface area contributed by atoms with Gasteiger partial charge in [-0.2, -0.15) is 0 Å². The van der Waals surface area contributed by atoms with Gasteiger partial charge in [0.2, 0.25) is 0 Å². The van der Waals surface area contributed by atoms with Gasteiger partial charge in [0.05, 0.1) is 24.4 Å². The van der Waals surface area contributed by atoms with Crippen molar-refractivity contribution in [2.24, 2.45) is 0 Å². The number of allylic oxidation sites excluding steroid dienone is 1. The van der Waals surface area contributed by atoms with Crippen LogP contribution >= 0.6 is 0 Å². The van der Waals surface area contributed by atoms with E-state index in [1.807, 2.05) is 0 Å².